The molecule has 0 unspecified atom stereocenters. The lowest BCUT2D eigenvalue weighted by molar-refractivity contribution is -0.115. The summed E-state index contributed by atoms with van der Waals surface area (Å²) in [5.74, 6) is -0.0466. The van der Waals surface area contributed by atoms with Crippen molar-refractivity contribution in [3.8, 4) is 0 Å². The van der Waals surface area contributed by atoms with E-state index in [2.05, 4.69) is 9.97 Å². The van der Waals surface area contributed by atoms with Gasteiger partial charge in [-0.05, 0) is 43.5 Å². The van der Waals surface area contributed by atoms with E-state index in [-0.39, 0.29) is 11.7 Å². The summed E-state index contributed by atoms with van der Waals surface area (Å²) in [6.07, 6.45) is 0.399. The highest BCUT2D eigenvalue weighted by Gasteiger charge is 2.20. The number of carbonyl (C=O) groups excluding carboxylic acids is 1. The molecular formula is C16H19N3O3. The van der Waals surface area contributed by atoms with Crippen LogP contribution in [0.4, 0.5) is 11.5 Å². The van der Waals surface area contributed by atoms with E-state index in [9.17, 15) is 14.4 Å². The first kappa shape index (κ1) is 15.8. The van der Waals surface area contributed by atoms with Crippen molar-refractivity contribution in [2.24, 2.45) is 0 Å². The van der Waals surface area contributed by atoms with Gasteiger partial charge in [-0.2, -0.15) is 0 Å². The average molecular weight is 301 g/mol. The first-order chi connectivity index (χ1) is 10.3. The van der Waals surface area contributed by atoms with Gasteiger partial charge in [-0.15, -0.1) is 0 Å². The second-order valence-electron chi connectivity index (χ2n) is 5.29. The third kappa shape index (κ3) is 3.00. The lowest BCUT2D eigenvalue weighted by atomic mass is 10.1. The van der Waals surface area contributed by atoms with Crippen LogP contribution in [0.25, 0.3) is 0 Å². The van der Waals surface area contributed by atoms with Crippen LogP contribution in [0.1, 0.15) is 30.5 Å². The first-order valence-electron chi connectivity index (χ1n) is 7.08. The SMILES string of the molecule is CCc1c(N(C(C)=O)c2cc(C)cc(C)c2)[nH]c(=O)[nH]c1=O. The van der Waals surface area contributed by atoms with Crippen LogP contribution in [0.5, 0.6) is 0 Å². The third-order valence-corrected chi connectivity index (χ3v) is 3.38. The molecule has 0 atom stereocenters. The third-order valence-electron chi connectivity index (χ3n) is 3.38. The van der Waals surface area contributed by atoms with Crippen molar-refractivity contribution in [3.05, 3.63) is 55.7 Å². The standard InChI is InChI=1S/C16H19N3O3/c1-5-13-14(17-16(22)18-15(13)21)19(11(4)20)12-7-9(2)6-10(3)8-12/h6-8H,5H2,1-4H3,(H2,17,18,21,22). The van der Waals surface area contributed by atoms with Gasteiger partial charge in [0.2, 0.25) is 5.91 Å². The van der Waals surface area contributed by atoms with E-state index in [1.54, 1.807) is 6.92 Å². The zero-order chi connectivity index (χ0) is 16.4. The van der Waals surface area contributed by atoms with Gasteiger partial charge in [-0.25, -0.2) is 4.79 Å². The number of aryl methyl sites for hydroxylation is 2. The second kappa shape index (κ2) is 6.01. The van der Waals surface area contributed by atoms with Gasteiger partial charge in [0.25, 0.3) is 5.56 Å². The monoisotopic (exact) mass is 301 g/mol. The Hall–Kier alpha value is -2.63. The molecule has 22 heavy (non-hydrogen) atoms. The fraction of sp³-hybridized carbons (Fsp3) is 0.312. The van der Waals surface area contributed by atoms with Crippen LogP contribution in [0.3, 0.4) is 0 Å². The van der Waals surface area contributed by atoms with E-state index in [0.29, 0.717) is 17.7 Å². The van der Waals surface area contributed by atoms with Gasteiger partial charge in [-0.1, -0.05) is 13.0 Å². The number of rotatable bonds is 3. The quantitative estimate of drug-likeness (QED) is 0.908. The molecule has 0 radical (unpaired) electrons. The summed E-state index contributed by atoms with van der Waals surface area (Å²) in [4.78, 5) is 41.9. The number of hydrogen-bond acceptors (Lipinski definition) is 3. The van der Waals surface area contributed by atoms with Gasteiger partial charge in [0.15, 0.2) is 0 Å². The van der Waals surface area contributed by atoms with Crippen molar-refractivity contribution in [3.63, 3.8) is 0 Å². The molecule has 0 aliphatic rings. The minimum atomic E-state index is -0.632. The molecule has 0 aliphatic heterocycles. The summed E-state index contributed by atoms with van der Waals surface area (Å²) in [7, 11) is 0. The molecule has 0 spiro atoms. The van der Waals surface area contributed by atoms with Gasteiger partial charge >= 0.3 is 5.69 Å². The summed E-state index contributed by atoms with van der Waals surface area (Å²) in [6, 6.07) is 5.67. The molecule has 2 N–H and O–H groups in total. The Morgan fingerprint density at radius 3 is 2.18 bits per heavy atom. The minimum Gasteiger partial charge on any atom is -0.293 e. The summed E-state index contributed by atoms with van der Waals surface area (Å²) in [5.41, 5.74) is 1.87. The van der Waals surface area contributed by atoms with Crippen LogP contribution in [0.15, 0.2) is 27.8 Å². The summed E-state index contributed by atoms with van der Waals surface area (Å²) in [5, 5.41) is 0. The molecule has 1 aromatic heterocycles. The maximum absolute atomic E-state index is 12.1. The molecule has 1 aromatic carbocycles. The normalized spacial score (nSPS) is 10.5. The zero-order valence-electron chi connectivity index (χ0n) is 13.1. The highest BCUT2D eigenvalue weighted by Crippen LogP contribution is 2.27. The number of benzene rings is 1. The van der Waals surface area contributed by atoms with Crippen LogP contribution < -0.4 is 16.1 Å². The lowest BCUT2D eigenvalue weighted by Gasteiger charge is -2.23. The van der Waals surface area contributed by atoms with Crippen molar-refractivity contribution in [1.29, 1.82) is 0 Å². The van der Waals surface area contributed by atoms with E-state index < -0.39 is 11.2 Å². The molecule has 2 rings (SSSR count). The topological polar surface area (TPSA) is 86.0 Å². The molecule has 6 heteroatoms. The summed E-state index contributed by atoms with van der Waals surface area (Å²) < 4.78 is 0. The zero-order valence-corrected chi connectivity index (χ0v) is 13.1. The van der Waals surface area contributed by atoms with Gasteiger partial charge in [0.1, 0.15) is 5.82 Å². The van der Waals surface area contributed by atoms with Crippen LogP contribution in [-0.2, 0) is 11.2 Å². The molecule has 2 aromatic rings. The Morgan fingerprint density at radius 2 is 1.68 bits per heavy atom. The maximum Gasteiger partial charge on any atom is 0.327 e. The number of nitrogens with zero attached hydrogens (tertiary/aromatic N) is 1. The molecule has 0 aliphatic carbocycles. The molecular weight excluding hydrogens is 282 g/mol. The van der Waals surface area contributed by atoms with Crippen LogP contribution >= 0.6 is 0 Å². The number of hydrogen-bond donors (Lipinski definition) is 2. The average Bonchev–Trinajstić information content (AvgIpc) is 2.36. The predicted octanol–water partition coefficient (Wildman–Crippen LogP) is 1.93. The Bertz CT molecular complexity index is 813. The molecule has 1 heterocycles. The van der Waals surface area contributed by atoms with E-state index in [4.69, 9.17) is 0 Å². The van der Waals surface area contributed by atoms with Crippen LogP contribution in [0, 0.1) is 13.8 Å². The van der Waals surface area contributed by atoms with Crippen molar-refractivity contribution < 1.29 is 4.79 Å². The summed E-state index contributed by atoms with van der Waals surface area (Å²) >= 11 is 0. The molecule has 1 amide bonds. The fourth-order valence-corrected chi connectivity index (χ4v) is 2.57. The first-order valence-corrected chi connectivity index (χ1v) is 7.08. The van der Waals surface area contributed by atoms with Crippen molar-refractivity contribution in [2.75, 3.05) is 4.90 Å². The highest BCUT2D eigenvalue weighted by molar-refractivity contribution is 5.98. The molecule has 0 fully saturated rings. The number of anilines is 2. The van der Waals surface area contributed by atoms with Crippen LogP contribution in [-0.4, -0.2) is 15.9 Å². The van der Waals surface area contributed by atoms with Gasteiger partial charge < -0.3 is 0 Å². The number of amides is 1. The summed E-state index contributed by atoms with van der Waals surface area (Å²) in [6.45, 7) is 7.05. The van der Waals surface area contributed by atoms with Crippen molar-refractivity contribution in [2.45, 2.75) is 34.1 Å². The van der Waals surface area contributed by atoms with E-state index in [1.807, 2.05) is 32.0 Å². The maximum atomic E-state index is 12.1. The fourth-order valence-electron chi connectivity index (χ4n) is 2.57. The van der Waals surface area contributed by atoms with E-state index in [0.717, 1.165) is 11.1 Å². The Morgan fingerprint density at radius 1 is 1.09 bits per heavy atom. The predicted molar refractivity (Wildman–Crippen MR) is 85.8 cm³/mol. The Balaban J connectivity index is 2.76. The smallest absolute Gasteiger partial charge is 0.293 e. The van der Waals surface area contributed by atoms with Crippen molar-refractivity contribution in [1.82, 2.24) is 9.97 Å². The van der Waals surface area contributed by atoms with E-state index >= 15 is 0 Å². The molecule has 0 bridgehead atoms. The van der Waals surface area contributed by atoms with Gasteiger partial charge in [0.05, 0.1) is 11.3 Å². The number of aromatic amines is 2. The number of carbonyl (C=O) groups is 1. The largest absolute Gasteiger partial charge is 0.327 e. The van der Waals surface area contributed by atoms with E-state index in [1.165, 1.54) is 11.8 Å². The Kier molecular flexibility index (Phi) is 4.30. The molecule has 0 saturated heterocycles. The number of aromatic nitrogens is 2. The molecule has 116 valence electrons. The number of H-pyrrole nitrogens is 2. The second-order valence-corrected chi connectivity index (χ2v) is 5.29. The minimum absolute atomic E-state index is 0.230. The van der Waals surface area contributed by atoms with Gasteiger partial charge in [-0.3, -0.25) is 24.5 Å². The lowest BCUT2D eigenvalue weighted by Crippen LogP contribution is -2.33. The van der Waals surface area contributed by atoms with Crippen LogP contribution in [0.2, 0.25) is 0 Å². The molecule has 0 saturated carbocycles. The highest BCUT2D eigenvalue weighted by atomic mass is 16.2. The van der Waals surface area contributed by atoms with Crippen molar-refractivity contribution >= 4 is 17.4 Å². The Labute approximate surface area is 127 Å². The van der Waals surface area contributed by atoms with Gasteiger partial charge in [0, 0.05) is 6.92 Å². The molecule has 6 nitrogen and oxygen atoms in total. The number of nitrogens with one attached hydrogen (secondary N) is 2.